The number of anilines is 2. The highest BCUT2D eigenvalue weighted by atomic mass is 16.3. The fourth-order valence-electron chi connectivity index (χ4n) is 2.72. The van der Waals surface area contributed by atoms with E-state index in [4.69, 9.17) is 11.5 Å². The molecule has 0 bridgehead atoms. The largest absolute Gasteiger partial charge is 0.396 e. The van der Waals surface area contributed by atoms with Crippen LogP contribution in [0.25, 0.3) is 11.2 Å². The van der Waals surface area contributed by atoms with Crippen LogP contribution in [0.5, 0.6) is 0 Å². The van der Waals surface area contributed by atoms with Crippen molar-refractivity contribution in [1.82, 2.24) is 19.5 Å². The van der Waals surface area contributed by atoms with Crippen LogP contribution in [0.4, 0.5) is 11.8 Å². The predicted octanol–water partition coefficient (Wildman–Crippen LogP) is -0.705. The normalized spacial score (nSPS) is 27.2. The number of aromatic nitrogens is 4. The number of aliphatic hydroxyl groups is 2. The van der Waals surface area contributed by atoms with Crippen LogP contribution in [0.2, 0.25) is 0 Å². The molecule has 3 atom stereocenters. The van der Waals surface area contributed by atoms with E-state index in [0.29, 0.717) is 24.0 Å². The Labute approximate surface area is 109 Å². The van der Waals surface area contributed by atoms with E-state index in [-0.39, 0.29) is 30.3 Å². The summed E-state index contributed by atoms with van der Waals surface area (Å²) < 4.78 is 1.85. The van der Waals surface area contributed by atoms with Crippen LogP contribution in [0.3, 0.4) is 0 Å². The van der Waals surface area contributed by atoms with Gasteiger partial charge in [-0.15, -0.1) is 0 Å². The topological polar surface area (TPSA) is 136 Å². The van der Waals surface area contributed by atoms with Gasteiger partial charge in [-0.05, 0) is 12.8 Å². The molecule has 0 unspecified atom stereocenters. The Morgan fingerprint density at radius 2 is 2.11 bits per heavy atom. The van der Waals surface area contributed by atoms with Gasteiger partial charge in [0.15, 0.2) is 11.5 Å². The van der Waals surface area contributed by atoms with E-state index in [2.05, 4.69) is 15.0 Å². The minimum absolute atomic E-state index is 0.0242. The highest BCUT2D eigenvalue weighted by Crippen LogP contribution is 2.36. The molecule has 0 aliphatic heterocycles. The molecule has 2 aromatic rings. The average Bonchev–Trinajstić information content (AvgIpc) is 2.92. The first-order valence-corrected chi connectivity index (χ1v) is 6.14. The summed E-state index contributed by atoms with van der Waals surface area (Å²) in [4.78, 5) is 12.2. The molecule has 1 aliphatic carbocycles. The Bertz CT molecular complexity index is 612. The molecule has 3 rings (SSSR count). The van der Waals surface area contributed by atoms with Gasteiger partial charge in [0.05, 0.1) is 12.4 Å². The predicted molar refractivity (Wildman–Crippen MR) is 69.0 cm³/mol. The summed E-state index contributed by atoms with van der Waals surface area (Å²) in [7, 11) is 0. The molecule has 8 heteroatoms. The Morgan fingerprint density at radius 1 is 1.32 bits per heavy atom. The molecule has 0 spiro atoms. The lowest BCUT2D eigenvalue weighted by molar-refractivity contribution is 0.0906. The number of fused-ring (bicyclic) bond motifs is 1. The molecular weight excluding hydrogens is 248 g/mol. The molecule has 102 valence electrons. The second kappa shape index (κ2) is 4.32. The van der Waals surface area contributed by atoms with Crippen molar-refractivity contribution in [3.05, 3.63) is 6.33 Å². The average molecular weight is 264 g/mol. The highest BCUT2D eigenvalue weighted by Gasteiger charge is 2.34. The molecule has 0 radical (unpaired) electrons. The number of aliphatic hydroxyl groups excluding tert-OH is 2. The van der Waals surface area contributed by atoms with Crippen molar-refractivity contribution >= 4 is 22.9 Å². The quantitative estimate of drug-likeness (QED) is 0.562. The molecule has 19 heavy (non-hydrogen) atoms. The van der Waals surface area contributed by atoms with Gasteiger partial charge in [0.25, 0.3) is 0 Å². The van der Waals surface area contributed by atoms with E-state index in [0.717, 1.165) is 0 Å². The zero-order chi connectivity index (χ0) is 13.6. The van der Waals surface area contributed by atoms with Gasteiger partial charge in [0.1, 0.15) is 5.52 Å². The summed E-state index contributed by atoms with van der Waals surface area (Å²) in [6, 6.07) is 0.0332. The monoisotopic (exact) mass is 264 g/mol. The Morgan fingerprint density at radius 3 is 2.79 bits per heavy atom. The number of nitrogens with zero attached hydrogens (tertiary/aromatic N) is 4. The van der Waals surface area contributed by atoms with E-state index < -0.39 is 6.10 Å². The lowest BCUT2D eigenvalue weighted by Gasteiger charge is -2.12. The van der Waals surface area contributed by atoms with Crippen molar-refractivity contribution in [3.8, 4) is 0 Å². The second-order valence-corrected chi connectivity index (χ2v) is 4.93. The summed E-state index contributed by atoms with van der Waals surface area (Å²) in [6.07, 6.45) is 2.35. The van der Waals surface area contributed by atoms with Crippen molar-refractivity contribution in [2.75, 3.05) is 18.1 Å². The third kappa shape index (κ3) is 1.89. The van der Waals surface area contributed by atoms with Gasteiger partial charge >= 0.3 is 0 Å². The first-order chi connectivity index (χ1) is 9.10. The number of rotatable bonds is 2. The van der Waals surface area contributed by atoms with Gasteiger partial charge in [-0.25, -0.2) is 4.98 Å². The van der Waals surface area contributed by atoms with Gasteiger partial charge < -0.3 is 26.2 Å². The number of hydrogen-bond donors (Lipinski definition) is 4. The van der Waals surface area contributed by atoms with Crippen LogP contribution in [-0.2, 0) is 0 Å². The van der Waals surface area contributed by atoms with Gasteiger partial charge in [0, 0.05) is 18.6 Å². The first kappa shape index (κ1) is 12.1. The third-order valence-electron chi connectivity index (χ3n) is 3.73. The van der Waals surface area contributed by atoms with Crippen LogP contribution < -0.4 is 11.5 Å². The molecular formula is C11H16N6O2. The van der Waals surface area contributed by atoms with Crippen LogP contribution in [0, 0.1) is 5.92 Å². The van der Waals surface area contributed by atoms with Gasteiger partial charge in [-0.3, -0.25) is 0 Å². The van der Waals surface area contributed by atoms with Crippen LogP contribution in [-0.4, -0.2) is 42.4 Å². The molecule has 2 heterocycles. The molecule has 0 aromatic carbocycles. The summed E-state index contributed by atoms with van der Waals surface area (Å²) in [5.41, 5.74) is 12.4. The van der Waals surface area contributed by atoms with E-state index in [9.17, 15) is 10.2 Å². The fourth-order valence-corrected chi connectivity index (χ4v) is 2.72. The van der Waals surface area contributed by atoms with Crippen molar-refractivity contribution in [1.29, 1.82) is 0 Å². The molecule has 1 fully saturated rings. The number of nitrogens with two attached hydrogens (primary N) is 2. The van der Waals surface area contributed by atoms with Crippen LogP contribution >= 0.6 is 0 Å². The van der Waals surface area contributed by atoms with E-state index in [1.165, 1.54) is 0 Å². The molecule has 2 aromatic heterocycles. The Kier molecular flexibility index (Phi) is 2.76. The molecule has 8 nitrogen and oxygen atoms in total. The minimum Gasteiger partial charge on any atom is -0.396 e. The number of nitrogen functional groups attached to an aromatic ring is 2. The van der Waals surface area contributed by atoms with Gasteiger partial charge in [-0.1, -0.05) is 0 Å². The van der Waals surface area contributed by atoms with Gasteiger partial charge in [-0.2, -0.15) is 9.97 Å². The lowest BCUT2D eigenvalue weighted by atomic mass is 10.1. The SMILES string of the molecule is Nc1nc(N)c2ncn([C@@H]3C[C@H](CO)[C@@H](O)C3)c2n1. The third-order valence-corrected chi connectivity index (χ3v) is 3.73. The lowest BCUT2D eigenvalue weighted by Crippen LogP contribution is -2.16. The Hall–Kier alpha value is -1.93. The maximum Gasteiger partial charge on any atom is 0.224 e. The second-order valence-electron chi connectivity index (χ2n) is 4.93. The first-order valence-electron chi connectivity index (χ1n) is 6.14. The van der Waals surface area contributed by atoms with Crippen LogP contribution in [0.15, 0.2) is 6.33 Å². The van der Waals surface area contributed by atoms with Crippen LogP contribution in [0.1, 0.15) is 18.9 Å². The van der Waals surface area contributed by atoms with Crippen molar-refractivity contribution in [2.45, 2.75) is 25.0 Å². The molecule has 0 amide bonds. The molecule has 6 N–H and O–H groups in total. The fraction of sp³-hybridized carbons (Fsp3) is 0.545. The number of hydrogen-bond acceptors (Lipinski definition) is 7. The molecule has 0 saturated heterocycles. The molecule has 1 saturated carbocycles. The van der Waals surface area contributed by atoms with Crippen molar-refractivity contribution in [2.24, 2.45) is 5.92 Å². The van der Waals surface area contributed by atoms with E-state index in [1.54, 1.807) is 6.33 Å². The summed E-state index contributed by atoms with van der Waals surface area (Å²) in [5.74, 6) is 0.237. The summed E-state index contributed by atoms with van der Waals surface area (Å²) in [5, 5.41) is 19.1. The summed E-state index contributed by atoms with van der Waals surface area (Å²) in [6.45, 7) is -0.0242. The zero-order valence-electron chi connectivity index (χ0n) is 10.3. The highest BCUT2D eigenvalue weighted by molar-refractivity contribution is 5.82. The molecule has 1 aliphatic rings. The van der Waals surface area contributed by atoms with Crippen molar-refractivity contribution in [3.63, 3.8) is 0 Å². The maximum atomic E-state index is 9.86. The zero-order valence-corrected chi connectivity index (χ0v) is 10.3. The number of imidazole rings is 1. The van der Waals surface area contributed by atoms with E-state index >= 15 is 0 Å². The van der Waals surface area contributed by atoms with E-state index in [1.807, 2.05) is 4.57 Å². The smallest absolute Gasteiger partial charge is 0.224 e. The standard InChI is InChI=1S/C11H16N6O2/c12-9-8-10(16-11(13)15-9)17(4-14-8)6-1-5(3-18)7(19)2-6/h4-7,18-19H,1-3H2,(H4,12,13,15,16)/t5-,6-,7+/m1/s1. The van der Waals surface area contributed by atoms with Gasteiger partial charge in [0.2, 0.25) is 5.95 Å². The van der Waals surface area contributed by atoms with Crippen molar-refractivity contribution < 1.29 is 10.2 Å². The minimum atomic E-state index is -0.510. The Balaban J connectivity index is 2.02. The maximum absolute atomic E-state index is 9.86. The summed E-state index contributed by atoms with van der Waals surface area (Å²) >= 11 is 0.